The van der Waals surface area contributed by atoms with E-state index in [1.807, 2.05) is 0 Å². The minimum Gasteiger partial charge on any atom is -0.459 e. The Morgan fingerprint density at radius 3 is 2.51 bits per heavy atom. The van der Waals surface area contributed by atoms with E-state index >= 15 is 0 Å². The molecule has 2 atom stereocenters. The van der Waals surface area contributed by atoms with Crippen LogP contribution in [0.5, 0.6) is 0 Å². The van der Waals surface area contributed by atoms with Crippen LogP contribution in [0.4, 0.5) is 4.39 Å². The molecule has 6 rings (SSSR count). The minimum atomic E-state index is -0.524. The quantitative estimate of drug-likeness (QED) is 0.364. The number of hydrogen-bond acceptors (Lipinski definition) is 5. The van der Waals surface area contributed by atoms with Crippen molar-refractivity contribution >= 4 is 22.6 Å². The van der Waals surface area contributed by atoms with Gasteiger partial charge in [0.05, 0.1) is 18.0 Å². The van der Waals surface area contributed by atoms with Gasteiger partial charge in [-0.3, -0.25) is 9.69 Å². The maximum Gasteiger partial charge on any atom is 0.193 e. The summed E-state index contributed by atoms with van der Waals surface area (Å²) in [5.74, 6) is 5.78. The molecule has 2 saturated heterocycles. The van der Waals surface area contributed by atoms with E-state index < -0.39 is 5.82 Å². The summed E-state index contributed by atoms with van der Waals surface area (Å²) in [5.41, 5.74) is 2.39. The summed E-state index contributed by atoms with van der Waals surface area (Å²) < 4.78 is 20.7. The molecule has 4 aromatic rings. The summed E-state index contributed by atoms with van der Waals surface area (Å²) >= 11 is 5.92. The number of aromatic nitrogens is 1. The summed E-state index contributed by atoms with van der Waals surface area (Å²) in [5, 5.41) is 11.1. The first kappa shape index (κ1) is 23.9. The summed E-state index contributed by atoms with van der Waals surface area (Å²) in [7, 11) is 0. The van der Waals surface area contributed by atoms with Crippen molar-refractivity contribution in [2.45, 2.75) is 50.4 Å². The highest BCUT2D eigenvalue weighted by atomic mass is 35.5. The number of pyridine rings is 1. The number of halogens is 2. The van der Waals surface area contributed by atoms with Crippen molar-refractivity contribution in [2.75, 3.05) is 0 Å². The maximum atomic E-state index is 14.7. The van der Waals surface area contributed by atoms with Gasteiger partial charge in [-0.1, -0.05) is 29.7 Å². The lowest BCUT2D eigenvalue weighted by Gasteiger charge is -2.36. The van der Waals surface area contributed by atoms with Crippen LogP contribution >= 0.6 is 11.6 Å². The molecule has 0 amide bonds. The number of aliphatic hydroxyl groups is 1. The molecule has 0 aliphatic carbocycles. The highest BCUT2D eigenvalue weighted by Crippen LogP contribution is 2.36. The van der Waals surface area contributed by atoms with E-state index in [1.165, 1.54) is 6.07 Å². The van der Waals surface area contributed by atoms with Crippen molar-refractivity contribution in [1.82, 2.24) is 9.88 Å². The van der Waals surface area contributed by atoms with Gasteiger partial charge in [0.2, 0.25) is 0 Å². The fourth-order valence-electron chi connectivity index (χ4n) is 5.51. The predicted octanol–water partition coefficient (Wildman–Crippen LogP) is 5.54. The Balaban J connectivity index is 1.22. The van der Waals surface area contributed by atoms with Crippen molar-refractivity contribution in [1.29, 1.82) is 0 Å². The van der Waals surface area contributed by atoms with Crippen LogP contribution in [0.25, 0.3) is 22.1 Å². The normalized spacial score (nSPS) is 21.1. The van der Waals surface area contributed by atoms with Gasteiger partial charge in [-0.15, -0.1) is 0 Å². The molecule has 2 aromatic carbocycles. The van der Waals surface area contributed by atoms with Gasteiger partial charge in [0.1, 0.15) is 17.0 Å². The average Bonchev–Trinajstić information content (AvgIpc) is 3.11. The second-order valence-corrected chi connectivity index (χ2v) is 10.2. The molecule has 4 heterocycles. The third-order valence-electron chi connectivity index (χ3n) is 7.32. The van der Waals surface area contributed by atoms with E-state index in [0.717, 1.165) is 31.2 Å². The van der Waals surface area contributed by atoms with Gasteiger partial charge in [-0.25, -0.2) is 9.37 Å². The topological polar surface area (TPSA) is 66.6 Å². The Kier molecular flexibility index (Phi) is 6.29. The van der Waals surface area contributed by atoms with Crippen molar-refractivity contribution in [2.24, 2.45) is 0 Å². The molecule has 2 unspecified atom stereocenters. The van der Waals surface area contributed by atoms with E-state index in [-0.39, 0.29) is 17.2 Å². The molecule has 7 heteroatoms. The molecule has 186 valence electrons. The lowest BCUT2D eigenvalue weighted by molar-refractivity contribution is 0.0276. The molecule has 0 radical (unpaired) electrons. The maximum absolute atomic E-state index is 14.7. The average molecular weight is 515 g/mol. The summed E-state index contributed by atoms with van der Waals surface area (Å²) in [6.07, 6.45) is 5.02. The van der Waals surface area contributed by atoms with Gasteiger partial charge >= 0.3 is 0 Å². The molecule has 2 fully saturated rings. The fourth-order valence-corrected chi connectivity index (χ4v) is 5.63. The van der Waals surface area contributed by atoms with Crippen molar-refractivity contribution < 1.29 is 13.9 Å². The molecular formula is C30H24ClFN2O3. The highest BCUT2D eigenvalue weighted by Gasteiger charge is 2.40. The fraction of sp³-hybridized carbons (Fsp3) is 0.267. The predicted molar refractivity (Wildman–Crippen MR) is 141 cm³/mol. The molecule has 2 aliphatic heterocycles. The standard InChI is InChI=1S/C30H24ClFN2O3/c31-21-5-3-19(4-6-21)20-12-27(32)28(33-16-20)9-1-18-2-10-30-26(11-18)29(36)15-25(37-30)17-34-22-7-8-23(34)14-24(35)13-22/h2-6,10-12,15-16,22-24,35H,7-8,13-14,17H2. The number of benzene rings is 2. The van der Waals surface area contributed by atoms with Crippen LogP contribution in [0.1, 0.15) is 42.7 Å². The van der Waals surface area contributed by atoms with Crippen LogP contribution in [0.3, 0.4) is 0 Å². The van der Waals surface area contributed by atoms with E-state index in [2.05, 4.69) is 21.7 Å². The van der Waals surface area contributed by atoms with Crippen LogP contribution in [0.2, 0.25) is 5.02 Å². The van der Waals surface area contributed by atoms with Crippen LogP contribution in [0, 0.1) is 17.7 Å². The molecule has 0 spiro atoms. The Bertz CT molecular complexity index is 1590. The second kappa shape index (κ2) is 9.75. The zero-order chi connectivity index (χ0) is 25.5. The lowest BCUT2D eigenvalue weighted by atomic mass is 10.00. The SMILES string of the molecule is O=c1cc(CN2C3CCC2CC(O)C3)oc2ccc(C#Cc3ncc(-c4ccc(Cl)cc4)cc3F)cc12. The third kappa shape index (κ3) is 4.91. The zero-order valence-electron chi connectivity index (χ0n) is 20.0. The summed E-state index contributed by atoms with van der Waals surface area (Å²) in [6, 6.07) is 15.8. The van der Waals surface area contributed by atoms with Crippen molar-refractivity contribution in [3.05, 3.63) is 98.9 Å². The van der Waals surface area contributed by atoms with Crippen LogP contribution < -0.4 is 5.43 Å². The van der Waals surface area contributed by atoms with Crippen molar-refractivity contribution in [3.8, 4) is 23.0 Å². The van der Waals surface area contributed by atoms with Gasteiger partial charge < -0.3 is 9.52 Å². The zero-order valence-corrected chi connectivity index (χ0v) is 20.7. The smallest absolute Gasteiger partial charge is 0.193 e. The minimum absolute atomic E-state index is 0.0291. The summed E-state index contributed by atoms with van der Waals surface area (Å²) in [6.45, 7) is 0.561. The first-order valence-electron chi connectivity index (χ1n) is 12.4. The highest BCUT2D eigenvalue weighted by molar-refractivity contribution is 6.30. The molecule has 5 nitrogen and oxygen atoms in total. The molecule has 1 N–H and O–H groups in total. The van der Waals surface area contributed by atoms with Gasteiger partial charge in [-0.2, -0.15) is 0 Å². The number of piperidine rings is 1. The molecule has 2 aliphatic rings. The Hall–Kier alpha value is -3.50. The molecule has 0 saturated carbocycles. The van der Waals surface area contributed by atoms with Crippen LogP contribution in [0.15, 0.2) is 70.0 Å². The van der Waals surface area contributed by atoms with Gasteiger partial charge in [0.15, 0.2) is 11.2 Å². The van der Waals surface area contributed by atoms with E-state index in [0.29, 0.717) is 51.5 Å². The van der Waals surface area contributed by atoms with E-state index in [9.17, 15) is 14.3 Å². The van der Waals surface area contributed by atoms with E-state index in [1.54, 1.807) is 54.7 Å². The Morgan fingerprint density at radius 2 is 1.78 bits per heavy atom. The van der Waals surface area contributed by atoms with Crippen LogP contribution in [-0.4, -0.2) is 33.2 Å². The molecule has 2 bridgehead atoms. The molecule has 2 aromatic heterocycles. The van der Waals surface area contributed by atoms with Gasteiger partial charge in [0, 0.05) is 40.5 Å². The number of nitrogens with zero attached hydrogens (tertiary/aromatic N) is 2. The van der Waals surface area contributed by atoms with Crippen molar-refractivity contribution in [3.63, 3.8) is 0 Å². The first-order chi connectivity index (χ1) is 17.9. The Morgan fingerprint density at radius 1 is 1.03 bits per heavy atom. The number of fused-ring (bicyclic) bond motifs is 3. The lowest BCUT2D eigenvalue weighted by Crippen LogP contribution is -2.44. The molecular weight excluding hydrogens is 491 g/mol. The van der Waals surface area contributed by atoms with Crippen LogP contribution in [-0.2, 0) is 6.54 Å². The number of rotatable bonds is 3. The third-order valence-corrected chi connectivity index (χ3v) is 7.57. The summed E-state index contributed by atoms with van der Waals surface area (Å²) in [4.78, 5) is 19.4. The van der Waals surface area contributed by atoms with E-state index in [4.69, 9.17) is 16.0 Å². The number of aliphatic hydroxyl groups excluding tert-OH is 1. The Labute approximate surface area is 218 Å². The molecule has 37 heavy (non-hydrogen) atoms. The van der Waals surface area contributed by atoms with Gasteiger partial charge in [-0.05, 0) is 73.6 Å². The number of hydrogen-bond donors (Lipinski definition) is 1. The second-order valence-electron chi connectivity index (χ2n) is 9.78. The monoisotopic (exact) mass is 514 g/mol. The first-order valence-corrected chi connectivity index (χ1v) is 12.7. The van der Waals surface area contributed by atoms with Gasteiger partial charge in [0.25, 0.3) is 0 Å². The largest absolute Gasteiger partial charge is 0.459 e.